The number of furan rings is 1. The summed E-state index contributed by atoms with van der Waals surface area (Å²) in [6.07, 6.45) is 0. The van der Waals surface area contributed by atoms with Crippen molar-refractivity contribution in [3.05, 3.63) is 243 Å². The molecule has 1 heterocycles. The summed E-state index contributed by atoms with van der Waals surface area (Å²) >= 11 is 0. The van der Waals surface area contributed by atoms with Gasteiger partial charge in [0, 0.05) is 39.2 Å². The van der Waals surface area contributed by atoms with Gasteiger partial charge in [-0.15, -0.1) is 0 Å². The molecule has 11 rings (SSSR count). The minimum Gasteiger partial charge on any atom is -0.454 e. The summed E-state index contributed by atoms with van der Waals surface area (Å²) in [6, 6.07) is 86.5. The second kappa shape index (κ2) is 15.6. The zero-order chi connectivity index (χ0) is 40.5. The molecule has 0 fully saturated rings. The predicted octanol–water partition coefficient (Wildman–Crippen LogP) is 16.7. The van der Waals surface area contributed by atoms with Gasteiger partial charge in [-0.2, -0.15) is 0 Å². The highest BCUT2D eigenvalue weighted by molar-refractivity contribution is 6.15. The van der Waals surface area contributed by atoms with Crippen molar-refractivity contribution in [2.75, 3.05) is 9.80 Å². The Morgan fingerprint density at radius 1 is 0.262 bits per heavy atom. The third-order valence-corrected chi connectivity index (χ3v) is 11.6. The fourth-order valence-electron chi connectivity index (χ4n) is 8.60. The molecule has 0 radical (unpaired) electrons. The number of para-hydroxylation sites is 2. The van der Waals surface area contributed by atoms with Crippen molar-refractivity contribution in [1.29, 1.82) is 0 Å². The van der Waals surface area contributed by atoms with Gasteiger partial charge in [0.05, 0.1) is 5.69 Å². The number of hydrogen-bond acceptors (Lipinski definition) is 3. The maximum Gasteiger partial charge on any atom is 0.159 e. The van der Waals surface area contributed by atoms with E-state index in [0.717, 1.165) is 78.1 Å². The topological polar surface area (TPSA) is 19.6 Å². The van der Waals surface area contributed by atoms with E-state index in [9.17, 15) is 0 Å². The molecule has 0 saturated heterocycles. The van der Waals surface area contributed by atoms with Crippen LogP contribution in [0.2, 0.25) is 0 Å². The Balaban J connectivity index is 1.12. The average Bonchev–Trinajstić information content (AvgIpc) is 3.70. The lowest BCUT2D eigenvalue weighted by Crippen LogP contribution is -2.13. The van der Waals surface area contributed by atoms with E-state index in [0.29, 0.717) is 0 Å². The first-order valence-corrected chi connectivity index (χ1v) is 20.7. The SMILES string of the molecule is c1ccc(-c2ccc(-c3ccc(N(c4ccccc4)c4cc(N(c5ccccc5)c5cccc(-c6ccccc6)c5)c5oc6cc7ccccc7cc6c5c4)cc3)cc2)cc1. The van der Waals surface area contributed by atoms with Crippen LogP contribution in [0.5, 0.6) is 0 Å². The summed E-state index contributed by atoms with van der Waals surface area (Å²) in [6.45, 7) is 0. The van der Waals surface area contributed by atoms with E-state index in [4.69, 9.17) is 4.42 Å². The lowest BCUT2D eigenvalue weighted by molar-refractivity contribution is 0.669. The van der Waals surface area contributed by atoms with E-state index in [1.54, 1.807) is 0 Å². The van der Waals surface area contributed by atoms with Crippen molar-refractivity contribution in [2.45, 2.75) is 0 Å². The highest BCUT2D eigenvalue weighted by atomic mass is 16.3. The maximum absolute atomic E-state index is 7.02. The van der Waals surface area contributed by atoms with Gasteiger partial charge in [-0.25, -0.2) is 0 Å². The molecule has 0 aliphatic carbocycles. The van der Waals surface area contributed by atoms with Crippen LogP contribution < -0.4 is 9.80 Å². The minimum absolute atomic E-state index is 0.824. The zero-order valence-corrected chi connectivity index (χ0v) is 33.4. The van der Waals surface area contributed by atoms with Crippen LogP contribution in [0.3, 0.4) is 0 Å². The molecule has 1 aromatic heterocycles. The molecule has 0 bridgehead atoms. The van der Waals surface area contributed by atoms with E-state index in [1.165, 1.54) is 22.1 Å². The third-order valence-electron chi connectivity index (χ3n) is 11.6. The Hall–Kier alpha value is -8.14. The van der Waals surface area contributed by atoms with Gasteiger partial charge in [0.15, 0.2) is 5.58 Å². The van der Waals surface area contributed by atoms with E-state index < -0.39 is 0 Å². The van der Waals surface area contributed by atoms with Gasteiger partial charge in [-0.05, 0) is 117 Å². The van der Waals surface area contributed by atoms with E-state index in [2.05, 4.69) is 252 Å². The monoisotopic (exact) mass is 780 g/mol. The highest BCUT2D eigenvalue weighted by Crippen LogP contribution is 2.48. The van der Waals surface area contributed by atoms with E-state index in [1.807, 2.05) is 0 Å². The predicted molar refractivity (Wildman–Crippen MR) is 257 cm³/mol. The van der Waals surface area contributed by atoms with E-state index >= 15 is 0 Å². The van der Waals surface area contributed by atoms with Crippen molar-refractivity contribution in [3.8, 4) is 33.4 Å². The lowest BCUT2D eigenvalue weighted by Gasteiger charge is -2.30. The zero-order valence-electron chi connectivity index (χ0n) is 33.4. The first-order valence-electron chi connectivity index (χ1n) is 20.7. The molecule has 0 amide bonds. The number of anilines is 6. The fourth-order valence-corrected chi connectivity index (χ4v) is 8.60. The third kappa shape index (κ3) is 6.88. The van der Waals surface area contributed by atoms with Gasteiger partial charge in [-0.3, -0.25) is 0 Å². The second-order valence-corrected chi connectivity index (χ2v) is 15.4. The van der Waals surface area contributed by atoms with Gasteiger partial charge >= 0.3 is 0 Å². The summed E-state index contributed by atoms with van der Waals surface area (Å²) in [5.41, 5.74) is 14.9. The Kier molecular flexibility index (Phi) is 9.18. The van der Waals surface area contributed by atoms with Crippen LogP contribution in [0.4, 0.5) is 34.1 Å². The molecular weight excluding hydrogens is 741 g/mol. The molecule has 0 aliphatic heterocycles. The van der Waals surface area contributed by atoms with Gasteiger partial charge in [0.25, 0.3) is 0 Å². The van der Waals surface area contributed by atoms with Crippen molar-refractivity contribution >= 4 is 66.8 Å². The molecule has 3 nitrogen and oxygen atoms in total. The molecule has 0 atom stereocenters. The van der Waals surface area contributed by atoms with Crippen molar-refractivity contribution in [1.82, 2.24) is 0 Å². The van der Waals surface area contributed by atoms with Crippen LogP contribution in [-0.2, 0) is 0 Å². The lowest BCUT2D eigenvalue weighted by atomic mass is 10.00. The van der Waals surface area contributed by atoms with Gasteiger partial charge in [-0.1, -0.05) is 170 Å². The molecule has 0 unspecified atom stereocenters. The molecule has 61 heavy (non-hydrogen) atoms. The molecule has 0 aliphatic rings. The van der Waals surface area contributed by atoms with Crippen LogP contribution in [0.15, 0.2) is 247 Å². The highest BCUT2D eigenvalue weighted by Gasteiger charge is 2.24. The van der Waals surface area contributed by atoms with Crippen LogP contribution in [0.25, 0.3) is 66.1 Å². The number of hydrogen-bond donors (Lipinski definition) is 0. The average molecular weight is 781 g/mol. The Bertz CT molecular complexity index is 3270. The number of nitrogens with zero attached hydrogens (tertiary/aromatic N) is 2. The first kappa shape index (κ1) is 36.0. The quantitative estimate of drug-likeness (QED) is 0.145. The van der Waals surface area contributed by atoms with Gasteiger partial charge < -0.3 is 14.2 Å². The van der Waals surface area contributed by atoms with Crippen molar-refractivity contribution in [2.24, 2.45) is 0 Å². The van der Waals surface area contributed by atoms with Crippen LogP contribution >= 0.6 is 0 Å². The largest absolute Gasteiger partial charge is 0.454 e. The molecule has 3 heteroatoms. The maximum atomic E-state index is 7.02. The van der Waals surface area contributed by atoms with Gasteiger partial charge in [0.1, 0.15) is 5.58 Å². The standard InChI is InChI=1S/C58H40N2O/c1-5-16-41(17-6-1)43-28-30-44(31-29-43)45-32-34-51(35-33-45)59(49-23-9-3-10-24-49)53-39-55-54-37-47-20-13-14-21-48(47)38-57(54)61-58(55)56(40-53)60(50-25-11-4-12-26-50)52-27-15-22-46(36-52)42-18-7-2-8-19-42/h1-40H. The molecule has 10 aromatic carbocycles. The summed E-state index contributed by atoms with van der Waals surface area (Å²) in [5, 5.41) is 4.44. The first-order chi connectivity index (χ1) is 30.2. The second-order valence-electron chi connectivity index (χ2n) is 15.4. The normalized spacial score (nSPS) is 11.3. The fraction of sp³-hybridized carbons (Fsp3) is 0. The number of rotatable bonds is 9. The van der Waals surface area contributed by atoms with Crippen LogP contribution in [0, 0.1) is 0 Å². The van der Waals surface area contributed by atoms with Gasteiger partial charge in [0.2, 0.25) is 0 Å². The molecule has 288 valence electrons. The smallest absolute Gasteiger partial charge is 0.159 e. The molecule has 0 spiro atoms. The summed E-state index contributed by atoms with van der Waals surface area (Å²) in [4.78, 5) is 4.69. The molecule has 0 N–H and O–H groups in total. The summed E-state index contributed by atoms with van der Waals surface area (Å²) in [5.74, 6) is 0. The van der Waals surface area contributed by atoms with E-state index in [-0.39, 0.29) is 0 Å². The number of fused-ring (bicyclic) bond motifs is 4. The molecule has 11 aromatic rings. The summed E-state index contributed by atoms with van der Waals surface area (Å²) < 4.78 is 7.02. The van der Waals surface area contributed by atoms with Crippen molar-refractivity contribution < 1.29 is 4.42 Å². The Morgan fingerprint density at radius 3 is 1.31 bits per heavy atom. The minimum atomic E-state index is 0.824. The molecular formula is C58H40N2O. The van der Waals surface area contributed by atoms with Crippen molar-refractivity contribution in [3.63, 3.8) is 0 Å². The molecule has 0 saturated carbocycles. The summed E-state index contributed by atoms with van der Waals surface area (Å²) in [7, 11) is 0. The Labute approximate surface area is 355 Å². The Morgan fingerprint density at radius 2 is 0.705 bits per heavy atom. The van der Waals surface area contributed by atoms with Crippen LogP contribution in [-0.4, -0.2) is 0 Å². The number of benzene rings is 10. The van der Waals surface area contributed by atoms with Crippen LogP contribution in [0.1, 0.15) is 0 Å².